The fraction of sp³-hybridized carbons (Fsp3) is 0.579. The van der Waals surface area contributed by atoms with E-state index in [9.17, 15) is 4.79 Å². The van der Waals surface area contributed by atoms with Gasteiger partial charge in [0.15, 0.2) is 0 Å². The Kier molecular flexibility index (Phi) is 5.39. The van der Waals surface area contributed by atoms with Crippen LogP contribution in [0.25, 0.3) is 11.0 Å². The number of ether oxygens (including phenoxy) is 1. The van der Waals surface area contributed by atoms with Crippen LogP contribution in [0.5, 0.6) is 0 Å². The second kappa shape index (κ2) is 7.54. The van der Waals surface area contributed by atoms with Gasteiger partial charge in [-0.05, 0) is 38.8 Å². The van der Waals surface area contributed by atoms with Crippen molar-refractivity contribution in [2.24, 2.45) is 5.73 Å². The van der Waals surface area contributed by atoms with Crippen molar-refractivity contribution in [1.29, 1.82) is 0 Å². The summed E-state index contributed by atoms with van der Waals surface area (Å²) in [6, 6.07) is 7.97. The fourth-order valence-electron chi connectivity index (χ4n) is 3.77. The lowest BCUT2D eigenvalue weighted by atomic mass is 9.96. The van der Waals surface area contributed by atoms with Crippen molar-refractivity contribution in [3.8, 4) is 0 Å². The molecule has 1 saturated heterocycles. The van der Waals surface area contributed by atoms with Gasteiger partial charge in [-0.2, -0.15) is 0 Å². The van der Waals surface area contributed by atoms with E-state index in [0.717, 1.165) is 36.2 Å². The van der Waals surface area contributed by atoms with Gasteiger partial charge in [0, 0.05) is 32.2 Å². The Hall–Kier alpha value is -1.92. The van der Waals surface area contributed by atoms with Crippen LogP contribution in [-0.4, -0.2) is 53.2 Å². The zero-order chi connectivity index (χ0) is 18.0. The Balaban J connectivity index is 1.88. The number of hydrogen-bond donors (Lipinski definition) is 1. The van der Waals surface area contributed by atoms with E-state index in [0.29, 0.717) is 12.6 Å². The molecule has 0 saturated carbocycles. The van der Waals surface area contributed by atoms with Crippen LogP contribution in [0.15, 0.2) is 24.3 Å². The van der Waals surface area contributed by atoms with Gasteiger partial charge in [-0.25, -0.2) is 4.98 Å². The van der Waals surface area contributed by atoms with E-state index >= 15 is 0 Å². The second-order valence-corrected chi connectivity index (χ2v) is 7.11. The van der Waals surface area contributed by atoms with Gasteiger partial charge in [-0.15, -0.1) is 0 Å². The SMILES string of the molecule is COCC(N)C(=O)N1CCCC(c2nc3ccccc3n2C(C)C)C1. The molecule has 25 heavy (non-hydrogen) atoms. The standard InChI is InChI=1S/C19H28N4O2/c1-13(2)23-17-9-5-4-8-16(17)21-18(23)14-7-6-10-22(11-14)19(24)15(20)12-25-3/h4-5,8-9,13-15H,6-7,10-12,20H2,1-3H3. The summed E-state index contributed by atoms with van der Waals surface area (Å²) >= 11 is 0. The molecule has 0 bridgehead atoms. The Labute approximate surface area is 149 Å². The van der Waals surface area contributed by atoms with Crippen molar-refractivity contribution in [2.45, 2.75) is 44.7 Å². The van der Waals surface area contributed by atoms with E-state index in [1.165, 1.54) is 0 Å². The van der Waals surface area contributed by atoms with Gasteiger partial charge in [0.2, 0.25) is 5.91 Å². The first-order valence-corrected chi connectivity index (χ1v) is 9.03. The van der Waals surface area contributed by atoms with Crippen molar-refractivity contribution < 1.29 is 9.53 Å². The first-order chi connectivity index (χ1) is 12.0. The zero-order valence-corrected chi connectivity index (χ0v) is 15.3. The van der Waals surface area contributed by atoms with Gasteiger partial charge >= 0.3 is 0 Å². The lowest BCUT2D eigenvalue weighted by Gasteiger charge is -2.34. The third-order valence-electron chi connectivity index (χ3n) is 4.90. The van der Waals surface area contributed by atoms with Crippen LogP contribution in [0, 0.1) is 0 Å². The summed E-state index contributed by atoms with van der Waals surface area (Å²) in [5, 5.41) is 0. The van der Waals surface area contributed by atoms with Crippen molar-refractivity contribution in [2.75, 3.05) is 26.8 Å². The Morgan fingerprint density at radius 3 is 2.88 bits per heavy atom. The zero-order valence-electron chi connectivity index (χ0n) is 15.3. The highest BCUT2D eigenvalue weighted by Crippen LogP contribution is 2.31. The van der Waals surface area contributed by atoms with Gasteiger partial charge in [-0.1, -0.05) is 12.1 Å². The molecule has 1 fully saturated rings. The lowest BCUT2D eigenvalue weighted by Crippen LogP contribution is -2.49. The van der Waals surface area contributed by atoms with Crippen molar-refractivity contribution in [3.05, 3.63) is 30.1 Å². The molecule has 2 atom stereocenters. The predicted octanol–water partition coefficient (Wildman–Crippen LogP) is 2.30. The normalized spacial score (nSPS) is 19.6. The van der Waals surface area contributed by atoms with Crippen LogP contribution in [0.3, 0.4) is 0 Å². The molecule has 6 heteroatoms. The predicted molar refractivity (Wildman–Crippen MR) is 98.5 cm³/mol. The number of nitrogens with zero attached hydrogens (tertiary/aromatic N) is 3. The van der Waals surface area contributed by atoms with E-state index in [1.54, 1.807) is 7.11 Å². The van der Waals surface area contributed by atoms with Crippen LogP contribution >= 0.6 is 0 Å². The first kappa shape index (κ1) is 17.9. The summed E-state index contributed by atoms with van der Waals surface area (Å²) in [5.41, 5.74) is 8.12. The number of piperidine rings is 1. The van der Waals surface area contributed by atoms with Gasteiger partial charge in [0.1, 0.15) is 11.9 Å². The maximum Gasteiger partial charge on any atom is 0.241 e. The van der Waals surface area contributed by atoms with E-state index in [-0.39, 0.29) is 18.4 Å². The van der Waals surface area contributed by atoms with Crippen LogP contribution in [0.1, 0.15) is 44.5 Å². The monoisotopic (exact) mass is 344 g/mol. The number of nitrogens with two attached hydrogens (primary N) is 1. The van der Waals surface area contributed by atoms with E-state index in [4.69, 9.17) is 15.5 Å². The second-order valence-electron chi connectivity index (χ2n) is 7.11. The van der Waals surface area contributed by atoms with Gasteiger partial charge in [0.05, 0.1) is 17.6 Å². The Morgan fingerprint density at radius 2 is 2.16 bits per heavy atom. The van der Waals surface area contributed by atoms with Crippen molar-refractivity contribution >= 4 is 16.9 Å². The summed E-state index contributed by atoms with van der Waals surface area (Å²) in [7, 11) is 1.57. The van der Waals surface area contributed by atoms with Crippen molar-refractivity contribution in [3.63, 3.8) is 0 Å². The summed E-state index contributed by atoms with van der Waals surface area (Å²) < 4.78 is 7.34. The number of imidazole rings is 1. The number of carbonyl (C=O) groups is 1. The topological polar surface area (TPSA) is 73.4 Å². The van der Waals surface area contributed by atoms with Gasteiger partial charge in [-0.3, -0.25) is 4.79 Å². The molecule has 136 valence electrons. The van der Waals surface area contributed by atoms with Gasteiger partial charge in [0.25, 0.3) is 0 Å². The molecule has 1 aromatic heterocycles. The van der Waals surface area contributed by atoms with E-state index < -0.39 is 6.04 Å². The molecular weight excluding hydrogens is 316 g/mol. The quantitative estimate of drug-likeness (QED) is 0.903. The molecule has 6 nitrogen and oxygen atoms in total. The van der Waals surface area contributed by atoms with Crippen LogP contribution in [-0.2, 0) is 9.53 Å². The Bertz CT molecular complexity index is 740. The molecule has 2 unspecified atom stereocenters. The third kappa shape index (κ3) is 3.55. The highest BCUT2D eigenvalue weighted by molar-refractivity contribution is 5.82. The number of carbonyl (C=O) groups excluding carboxylic acids is 1. The molecule has 1 aromatic carbocycles. The van der Waals surface area contributed by atoms with Crippen LogP contribution in [0.2, 0.25) is 0 Å². The summed E-state index contributed by atoms with van der Waals surface area (Å²) in [5.74, 6) is 1.29. The maximum absolute atomic E-state index is 12.5. The molecule has 0 radical (unpaired) electrons. The highest BCUT2D eigenvalue weighted by Gasteiger charge is 2.31. The smallest absolute Gasteiger partial charge is 0.241 e. The highest BCUT2D eigenvalue weighted by atomic mass is 16.5. The summed E-state index contributed by atoms with van der Waals surface area (Å²) in [6.45, 7) is 6.04. The molecule has 2 aromatic rings. The molecule has 1 aliphatic heterocycles. The number of hydrogen-bond acceptors (Lipinski definition) is 4. The number of para-hydroxylation sites is 2. The summed E-state index contributed by atoms with van der Waals surface area (Å²) in [4.78, 5) is 19.3. The van der Waals surface area contributed by atoms with E-state index in [1.807, 2.05) is 17.0 Å². The molecule has 3 rings (SSSR count). The molecule has 1 aliphatic rings. The minimum Gasteiger partial charge on any atom is -0.383 e. The average Bonchev–Trinajstić information content (AvgIpc) is 3.01. The number of benzene rings is 1. The number of methoxy groups -OCH3 is 1. The van der Waals surface area contributed by atoms with Crippen LogP contribution in [0.4, 0.5) is 0 Å². The number of aromatic nitrogens is 2. The molecule has 1 amide bonds. The molecule has 0 aliphatic carbocycles. The molecule has 0 spiro atoms. The molecule has 2 N–H and O–H groups in total. The number of fused-ring (bicyclic) bond motifs is 1. The number of rotatable bonds is 5. The Morgan fingerprint density at radius 1 is 1.40 bits per heavy atom. The summed E-state index contributed by atoms with van der Waals surface area (Å²) in [6.07, 6.45) is 2.01. The van der Waals surface area contributed by atoms with E-state index in [2.05, 4.69) is 30.5 Å². The largest absolute Gasteiger partial charge is 0.383 e. The average molecular weight is 344 g/mol. The molecular formula is C19H28N4O2. The third-order valence-corrected chi connectivity index (χ3v) is 4.90. The minimum absolute atomic E-state index is 0.0289. The van der Waals surface area contributed by atoms with Crippen LogP contribution < -0.4 is 5.73 Å². The number of likely N-dealkylation sites (tertiary alicyclic amines) is 1. The minimum atomic E-state index is -0.590. The first-order valence-electron chi connectivity index (χ1n) is 9.03. The van der Waals surface area contributed by atoms with Crippen molar-refractivity contribution in [1.82, 2.24) is 14.5 Å². The molecule has 2 heterocycles. The number of amides is 1. The lowest BCUT2D eigenvalue weighted by molar-refractivity contribution is -0.135. The fourth-order valence-corrected chi connectivity index (χ4v) is 3.77. The maximum atomic E-state index is 12.5. The van der Waals surface area contributed by atoms with Gasteiger partial charge < -0.3 is 19.9 Å².